The first-order chi connectivity index (χ1) is 8.56. The maximum Gasteiger partial charge on any atom is 0.0455 e. The Morgan fingerprint density at radius 1 is 1.44 bits per heavy atom. The molecule has 4 heteroatoms. The van der Waals surface area contributed by atoms with Crippen molar-refractivity contribution in [2.24, 2.45) is 0 Å². The molecule has 3 nitrogen and oxygen atoms in total. The van der Waals surface area contributed by atoms with Crippen LogP contribution in [-0.4, -0.2) is 51.2 Å². The van der Waals surface area contributed by atoms with Crippen molar-refractivity contribution < 1.29 is 0 Å². The van der Waals surface area contributed by atoms with Crippen molar-refractivity contribution in [3.63, 3.8) is 0 Å². The Kier molecular flexibility index (Phi) is 4.49. The van der Waals surface area contributed by atoms with E-state index >= 15 is 0 Å². The van der Waals surface area contributed by atoms with Crippen LogP contribution in [0.4, 0.5) is 5.69 Å². The highest BCUT2D eigenvalue weighted by atomic mass is 35.5. The third-order valence-electron chi connectivity index (χ3n) is 3.36. The van der Waals surface area contributed by atoms with E-state index < -0.39 is 0 Å². The third kappa shape index (κ3) is 3.37. The molecule has 0 amide bonds. The number of nitrogens with zero attached hydrogens (tertiary/aromatic N) is 2. The summed E-state index contributed by atoms with van der Waals surface area (Å²) < 4.78 is 0. The van der Waals surface area contributed by atoms with E-state index in [1.807, 2.05) is 6.92 Å². The van der Waals surface area contributed by atoms with Gasteiger partial charge in [-0.05, 0) is 38.7 Å². The van der Waals surface area contributed by atoms with Gasteiger partial charge in [0.25, 0.3) is 0 Å². The minimum atomic E-state index is 0.522. The monoisotopic (exact) mass is 267 g/mol. The van der Waals surface area contributed by atoms with Crippen molar-refractivity contribution >= 4 is 17.3 Å². The standard InChI is InChI=1S/C14H22ClN3/c1-11-4-5-13(8-14(11)15)18-7-6-16-12(10-18)9-17(2)3/h4-5,8,12,16H,6-7,9-10H2,1-3H3. The number of halogens is 1. The van der Waals surface area contributed by atoms with Gasteiger partial charge in [0.05, 0.1) is 0 Å². The van der Waals surface area contributed by atoms with Crippen LogP contribution in [0, 0.1) is 6.92 Å². The Hall–Kier alpha value is -0.770. The molecule has 1 aliphatic rings. The van der Waals surface area contributed by atoms with Gasteiger partial charge in [-0.1, -0.05) is 17.7 Å². The molecule has 1 fully saturated rings. The van der Waals surface area contributed by atoms with Crippen molar-refractivity contribution in [1.82, 2.24) is 10.2 Å². The zero-order valence-corrected chi connectivity index (χ0v) is 12.2. The van der Waals surface area contributed by atoms with Crippen molar-refractivity contribution in [1.29, 1.82) is 0 Å². The first-order valence-corrected chi connectivity index (χ1v) is 6.83. The number of benzene rings is 1. The molecular formula is C14H22ClN3. The van der Waals surface area contributed by atoms with Gasteiger partial charge in [-0.2, -0.15) is 0 Å². The van der Waals surface area contributed by atoms with E-state index in [-0.39, 0.29) is 0 Å². The minimum absolute atomic E-state index is 0.522. The summed E-state index contributed by atoms with van der Waals surface area (Å²) in [5.74, 6) is 0. The fourth-order valence-corrected chi connectivity index (χ4v) is 2.58. The second-order valence-electron chi connectivity index (χ2n) is 5.29. The van der Waals surface area contributed by atoms with Gasteiger partial charge < -0.3 is 15.1 Å². The Morgan fingerprint density at radius 3 is 2.89 bits per heavy atom. The summed E-state index contributed by atoms with van der Waals surface area (Å²) in [4.78, 5) is 4.64. The molecule has 0 saturated carbocycles. The molecule has 18 heavy (non-hydrogen) atoms. The number of anilines is 1. The number of nitrogens with one attached hydrogen (secondary N) is 1. The van der Waals surface area contributed by atoms with E-state index in [0.29, 0.717) is 6.04 Å². The molecule has 1 saturated heterocycles. The van der Waals surface area contributed by atoms with Gasteiger partial charge in [0.2, 0.25) is 0 Å². The second-order valence-corrected chi connectivity index (χ2v) is 5.70. The summed E-state index contributed by atoms with van der Waals surface area (Å²) in [5.41, 5.74) is 2.37. The predicted molar refractivity (Wildman–Crippen MR) is 78.7 cm³/mol. The average molecular weight is 268 g/mol. The van der Waals surface area contributed by atoms with Crippen LogP contribution in [0.3, 0.4) is 0 Å². The molecule has 1 heterocycles. The summed E-state index contributed by atoms with van der Waals surface area (Å²) in [6.07, 6.45) is 0. The van der Waals surface area contributed by atoms with Crippen LogP contribution in [0.2, 0.25) is 5.02 Å². The Bertz CT molecular complexity index is 406. The van der Waals surface area contributed by atoms with Crippen molar-refractivity contribution in [2.45, 2.75) is 13.0 Å². The van der Waals surface area contributed by atoms with Gasteiger partial charge in [-0.15, -0.1) is 0 Å². The largest absolute Gasteiger partial charge is 0.369 e. The first-order valence-electron chi connectivity index (χ1n) is 6.45. The SMILES string of the molecule is Cc1ccc(N2CCNC(CN(C)C)C2)cc1Cl. The lowest BCUT2D eigenvalue weighted by Crippen LogP contribution is -2.54. The normalized spacial score (nSPS) is 20.5. The van der Waals surface area contributed by atoms with Gasteiger partial charge in [-0.3, -0.25) is 0 Å². The molecule has 2 rings (SSSR count). The fraction of sp³-hybridized carbons (Fsp3) is 0.571. The maximum atomic E-state index is 6.20. The molecule has 0 radical (unpaired) electrons. The lowest BCUT2D eigenvalue weighted by molar-refractivity contribution is 0.323. The quantitative estimate of drug-likeness (QED) is 0.904. The van der Waals surface area contributed by atoms with Crippen molar-refractivity contribution in [3.05, 3.63) is 28.8 Å². The Balaban J connectivity index is 2.05. The van der Waals surface area contributed by atoms with Gasteiger partial charge in [0.1, 0.15) is 0 Å². The highest BCUT2D eigenvalue weighted by Gasteiger charge is 2.20. The topological polar surface area (TPSA) is 18.5 Å². The van der Waals surface area contributed by atoms with Gasteiger partial charge in [0.15, 0.2) is 0 Å². The summed E-state index contributed by atoms with van der Waals surface area (Å²) in [7, 11) is 4.23. The Labute approximate surface area is 115 Å². The zero-order chi connectivity index (χ0) is 13.1. The number of hydrogen-bond acceptors (Lipinski definition) is 3. The summed E-state index contributed by atoms with van der Waals surface area (Å²) in [6, 6.07) is 6.86. The van der Waals surface area contributed by atoms with Crippen molar-refractivity contribution in [3.8, 4) is 0 Å². The second kappa shape index (κ2) is 5.91. The maximum absolute atomic E-state index is 6.20. The molecule has 1 unspecified atom stereocenters. The fourth-order valence-electron chi connectivity index (χ4n) is 2.40. The van der Waals surface area contributed by atoms with Crippen LogP contribution >= 0.6 is 11.6 Å². The third-order valence-corrected chi connectivity index (χ3v) is 3.77. The molecule has 1 N–H and O–H groups in total. The molecule has 1 aromatic carbocycles. The molecule has 0 aliphatic carbocycles. The van der Waals surface area contributed by atoms with Crippen LogP contribution in [0.25, 0.3) is 0 Å². The van der Waals surface area contributed by atoms with E-state index in [1.54, 1.807) is 0 Å². The number of rotatable bonds is 3. The lowest BCUT2D eigenvalue weighted by atomic mass is 10.1. The van der Waals surface area contributed by atoms with E-state index in [2.05, 4.69) is 47.4 Å². The highest BCUT2D eigenvalue weighted by Crippen LogP contribution is 2.23. The van der Waals surface area contributed by atoms with Crippen molar-refractivity contribution in [2.75, 3.05) is 45.2 Å². The van der Waals surface area contributed by atoms with Gasteiger partial charge in [0, 0.05) is 42.9 Å². The average Bonchev–Trinajstić information content (AvgIpc) is 2.32. The van der Waals surface area contributed by atoms with Crippen LogP contribution < -0.4 is 10.2 Å². The number of piperazine rings is 1. The van der Waals surface area contributed by atoms with Gasteiger partial charge >= 0.3 is 0 Å². The van der Waals surface area contributed by atoms with E-state index in [9.17, 15) is 0 Å². The summed E-state index contributed by atoms with van der Waals surface area (Å²) in [6.45, 7) is 6.22. The van der Waals surface area contributed by atoms with Crippen LogP contribution in [0.5, 0.6) is 0 Å². The smallest absolute Gasteiger partial charge is 0.0455 e. The van der Waals surface area contributed by atoms with E-state index in [0.717, 1.165) is 36.8 Å². The molecule has 0 aromatic heterocycles. The van der Waals surface area contributed by atoms with E-state index in [1.165, 1.54) is 5.69 Å². The molecule has 1 atom stereocenters. The first kappa shape index (κ1) is 13.7. The number of hydrogen-bond donors (Lipinski definition) is 1. The van der Waals surface area contributed by atoms with E-state index in [4.69, 9.17) is 11.6 Å². The number of aryl methyl sites for hydroxylation is 1. The van der Waals surface area contributed by atoms with Crippen LogP contribution in [0.15, 0.2) is 18.2 Å². The molecular weight excluding hydrogens is 246 g/mol. The molecule has 1 aromatic rings. The van der Waals surface area contributed by atoms with Gasteiger partial charge in [-0.25, -0.2) is 0 Å². The number of likely N-dealkylation sites (N-methyl/N-ethyl adjacent to an activating group) is 1. The highest BCUT2D eigenvalue weighted by molar-refractivity contribution is 6.31. The molecule has 0 bridgehead atoms. The lowest BCUT2D eigenvalue weighted by Gasteiger charge is -2.36. The molecule has 1 aliphatic heterocycles. The van der Waals surface area contributed by atoms with Crippen LogP contribution in [-0.2, 0) is 0 Å². The molecule has 100 valence electrons. The zero-order valence-electron chi connectivity index (χ0n) is 11.4. The summed E-state index contributed by atoms with van der Waals surface area (Å²) in [5, 5.41) is 4.42. The molecule has 0 spiro atoms. The minimum Gasteiger partial charge on any atom is -0.369 e. The summed E-state index contributed by atoms with van der Waals surface area (Å²) >= 11 is 6.20. The van der Waals surface area contributed by atoms with Crippen LogP contribution in [0.1, 0.15) is 5.56 Å². The Morgan fingerprint density at radius 2 is 2.22 bits per heavy atom. The predicted octanol–water partition coefficient (Wildman–Crippen LogP) is 1.99.